The van der Waals surface area contributed by atoms with Crippen LogP contribution in [0.2, 0.25) is 0 Å². The maximum absolute atomic E-state index is 10.3. The molecule has 0 aromatic carbocycles. The van der Waals surface area contributed by atoms with E-state index in [0.29, 0.717) is 0 Å². The Hall–Kier alpha value is -0.440. The van der Waals surface area contributed by atoms with Gasteiger partial charge in [0, 0.05) is 0 Å². The van der Waals surface area contributed by atoms with E-state index in [4.69, 9.17) is 19.7 Å². The molecular formula is C12H22O11. The fourth-order valence-electron chi connectivity index (χ4n) is 2.85. The van der Waals surface area contributed by atoms with Crippen molar-refractivity contribution in [1.29, 1.82) is 0 Å². The van der Waals surface area contributed by atoms with E-state index in [9.17, 15) is 35.7 Å². The van der Waals surface area contributed by atoms with Gasteiger partial charge in [-0.2, -0.15) is 0 Å². The maximum Gasteiger partial charge on any atom is 0.224 e. The lowest BCUT2D eigenvalue weighted by Gasteiger charge is -2.45. The summed E-state index contributed by atoms with van der Waals surface area (Å²) < 4.78 is 9.94. The Balaban J connectivity index is 2.23. The van der Waals surface area contributed by atoms with E-state index < -0.39 is 73.9 Å². The number of ether oxygens (including phenoxy) is 2. The number of hydrogen-bond donors (Lipinski definition) is 9. The molecule has 2 saturated heterocycles. The molecular weight excluding hydrogens is 320 g/mol. The van der Waals surface area contributed by atoms with Gasteiger partial charge in [-0.1, -0.05) is 0 Å². The second-order valence-electron chi connectivity index (χ2n) is 5.76. The fourth-order valence-corrected chi connectivity index (χ4v) is 2.85. The first-order chi connectivity index (χ1) is 10.7. The summed E-state index contributed by atoms with van der Waals surface area (Å²) in [6.45, 7) is -1.51. The lowest BCUT2D eigenvalue weighted by atomic mass is 9.87. The third-order valence-corrected chi connectivity index (χ3v) is 4.31. The highest BCUT2D eigenvalue weighted by molar-refractivity contribution is 5.05. The number of rotatable bonds is 4. The van der Waals surface area contributed by atoms with Gasteiger partial charge in [-0.3, -0.25) is 0 Å². The molecule has 2 heterocycles. The van der Waals surface area contributed by atoms with Crippen molar-refractivity contribution in [3.05, 3.63) is 0 Å². The minimum Gasteiger partial charge on any atom is -0.394 e. The Morgan fingerprint density at radius 2 is 1.39 bits per heavy atom. The summed E-state index contributed by atoms with van der Waals surface area (Å²) in [6.07, 6.45) is -15.8. The molecule has 9 N–H and O–H groups in total. The molecule has 0 spiro atoms. The fraction of sp³-hybridized carbons (Fsp3) is 1.00. The lowest BCUT2D eigenvalue weighted by Crippen LogP contribution is -2.67. The SMILES string of the molecule is OC[C@H]1OC(C(O)C2(O)O[C@H](CO)[C@@H](O)[C@@H]2O)[C@H](O)[C@@H](O)[C@H]1O. The zero-order valence-corrected chi connectivity index (χ0v) is 12.0. The zero-order chi connectivity index (χ0) is 17.5. The van der Waals surface area contributed by atoms with Gasteiger partial charge >= 0.3 is 0 Å². The Bertz CT molecular complexity index is 406. The van der Waals surface area contributed by atoms with Crippen molar-refractivity contribution in [3.63, 3.8) is 0 Å². The van der Waals surface area contributed by atoms with Crippen molar-refractivity contribution in [1.82, 2.24) is 0 Å². The van der Waals surface area contributed by atoms with Crippen molar-refractivity contribution in [2.75, 3.05) is 13.2 Å². The van der Waals surface area contributed by atoms with Gasteiger partial charge in [-0.25, -0.2) is 0 Å². The van der Waals surface area contributed by atoms with Crippen LogP contribution in [0.5, 0.6) is 0 Å². The predicted molar refractivity (Wildman–Crippen MR) is 68.7 cm³/mol. The zero-order valence-electron chi connectivity index (χ0n) is 12.0. The summed E-state index contributed by atoms with van der Waals surface area (Å²) in [6, 6.07) is 0. The van der Waals surface area contributed by atoms with Crippen molar-refractivity contribution in [2.45, 2.75) is 60.7 Å². The van der Waals surface area contributed by atoms with Crippen LogP contribution >= 0.6 is 0 Å². The Labute approximate surface area is 130 Å². The quantitative estimate of drug-likeness (QED) is 0.235. The molecule has 0 bridgehead atoms. The molecule has 0 aromatic rings. The molecule has 2 fully saturated rings. The van der Waals surface area contributed by atoms with Crippen LogP contribution < -0.4 is 0 Å². The van der Waals surface area contributed by atoms with Crippen LogP contribution in [0.4, 0.5) is 0 Å². The Morgan fingerprint density at radius 1 is 0.826 bits per heavy atom. The van der Waals surface area contributed by atoms with Gasteiger partial charge in [0.25, 0.3) is 0 Å². The standard InChI is InChI=1S/C12H22O11/c13-1-3-5(15)7(17)8(18)9(22-3)11(20)12(21)10(19)6(16)4(2-14)23-12/h3-11,13-21H,1-2H2/t3-,4-,5+,6-,7+,8-,9?,10+,11?,12?/m1/s1. The van der Waals surface area contributed by atoms with Crippen LogP contribution in [0.25, 0.3) is 0 Å². The monoisotopic (exact) mass is 342 g/mol. The van der Waals surface area contributed by atoms with Crippen LogP contribution in [0.1, 0.15) is 0 Å². The van der Waals surface area contributed by atoms with Crippen LogP contribution in [-0.2, 0) is 9.47 Å². The van der Waals surface area contributed by atoms with Gasteiger partial charge in [0.05, 0.1) is 13.2 Å². The number of aliphatic hydroxyl groups excluding tert-OH is 8. The highest BCUT2D eigenvalue weighted by Gasteiger charge is 2.61. The van der Waals surface area contributed by atoms with Gasteiger partial charge in [0.15, 0.2) is 0 Å². The van der Waals surface area contributed by atoms with Crippen molar-refractivity contribution < 1.29 is 55.4 Å². The second kappa shape index (κ2) is 6.82. The molecule has 3 unspecified atom stereocenters. The van der Waals surface area contributed by atoms with Gasteiger partial charge in [0.1, 0.15) is 54.9 Å². The summed E-state index contributed by atoms with van der Waals surface area (Å²) in [5.74, 6) is -2.81. The molecule has 0 amide bonds. The molecule has 0 aromatic heterocycles. The van der Waals surface area contributed by atoms with Crippen molar-refractivity contribution in [3.8, 4) is 0 Å². The first-order valence-corrected chi connectivity index (χ1v) is 7.04. The normalized spacial score (nSPS) is 52.6. The number of aliphatic hydroxyl groups is 9. The van der Waals surface area contributed by atoms with E-state index in [1.807, 2.05) is 0 Å². The molecule has 2 rings (SSSR count). The largest absolute Gasteiger partial charge is 0.394 e. The molecule has 2 aliphatic rings. The molecule has 23 heavy (non-hydrogen) atoms. The molecule has 0 aliphatic carbocycles. The van der Waals surface area contributed by atoms with Crippen LogP contribution in [0.3, 0.4) is 0 Å². The van der Waals surface area contributed by atoms with Crippen LogP contribution in [-0.4, -0.2) is 120 Å². The molecule has 10 atom stereocenters. The van der Waals surface area contributed by atoms with E-state index in [1.165, 1.54) is 0 Å². The van der Waals surface area contributed by atoms with Gasteiger partial charge < -0.3 is 55.4 Å². The Morgan fingerprint density at radius 3 is 1.87 bits per heavy atom. The predicted octanol–water partition coefficient (Wildman–Crippen LogP) is -6.01. The second-order valence-corrected chi connectivity index (χ2v) is 5.76. The van der Waals surface area contributed by atoms with E-state index in [1.54, 1.807) is 0 Å². The third kappa shape index (κ3) is 2.99. The first-order valence-electron chi connectivity index (χ1n) is 7.04. The minimum absolute atomic E-state index is 0.752. The molecule has 0 radical (unpaired) electrons. The van der Waals surface area contributed by atoms with Crippen LogP contribution in [0, 0.1) is 0 Å². The maximum atomic E-state index is 10.3. The van der Waals surface area contributed by atoms with E-state index in [-0.39, 0.29) is 0 Å². The summed E-state index contributed by atoms with van der Waals surface area (Å²) in [4.78, 5) is 0. The number of hydrogen-bond acceptors (Lipinski definition) is 11. The third-order valence-electron chi connectivity index (χ3n) is 4.31. The summed E-state index contributed by atoms with van der Waals surface area (Å²) >= 11 is 0. The molecule has 11 heteroatoms. The molecule has 0 saturated carbocycles. The molecule has 2 aliphatic heterocycles. The van der Waals surface area contributed by atoms with E-state index in [0.717, 1.165) is 0 Å². The lowest BCUT2D eigenvalue weighted by molar-refractivity contribution is -0.328. The summed E-state index contributed by atoms with van der Waals surface area (Å²) in [5.41, 5.74) is 0. The average Bonchev–Trinajstić information content (AvgIpc) is 2.77. The molecule has 11 nitrogen and oxygen atoms in total. The van der Waals surface area contributed by atoms with Gasteiger partial charge in [0.2, 0.25) is 5.79 Å². The summed E-state index contributed by atoms with van der Waals surface area (Å²) in [5, 5.41) is 87.4. The van der Waals surface area contributed by atoms with E-state index >= 15 is 0 Å². The highest BCUT2D eigenvalue weighted by atomic mass is 16.7. The smallest absolute Gasteiger partial charge is 0.224 e. The topological polar surface area (TPSA) is 201 Å². The van der Waals surface area contributed by atoms with Crippen molar-refractivity contribution >= 4 is 0 Å². The average molecular weight is 342 g/mol. The molecule has 136 valence electrons. The summed E-state index contributed by atoms with van der Waals surface area (Å²) in [7, 11) is 0. The van der Waals surface area contributed by atoms with Gasteiger partial charge in [-0.05, 0) is 0 Å². The highest BCUT2D eigenvalue weighted by Crippen LogP contribution is 2.36. The minimum atomic E-state index is -2.81. The van der Waals surface area contributed by atoms with E-state index in [2.05, 4.69) is 0 Å². The van der Waals surface area contributed by atoms with Crippen LogP contribution in [0.15, 0.2) is 0 Å². The first kappa shape index (κ1) is 18.9. The van der Waals surface area contributed by atoms with Gasteiger partial charge in [-0.15, -0.1) is 0 Å². The Kier molecular flexibility index (Phi) is 5.60. The van der Waals surface area contributed by atoms with Crippen molar-refractivity contribution in [2.24, 2.45) is 0 Å².